The average Bonchev–Trinajstić information content (AvgIpc) is 2.34. The van der Waals surface area contributed by atoms with E-state index in [0.29, 0.717) is 19.3 Å². The van der Waals surface area contributed by atoms with Gasteiger partial charge in [0, 0.05) is 11.8 Å². The highest BCUT2D eigenvalue weighted by molar-refractivity contribution is 6.00. The predicted molar refractivity (Wildman–Crippen MR) is 68.2 cm³/mol. The molecular formula is C15H22O4. The van der Waals surface area contributed by atoms with Gasteiger partial charge in [-0.3, -0.25) is 9.59 Å². The second-order valence-corrected chi connectivity index (χ2v) is 6.71. The predicted octanol–water partition coefficient (Wildman–Crippen LogP) is 0.939. The van der Waals surface area contributed by atoms with Gasteiger partial charge in [-0.1, -0.05) is 13.3 Å². The van der Waals surface area contributed by atoms with Gasteiger partial charge in [-0.25, -0.2) is 0 Å². The lowest BCUT2D eigenvalue weighted by Gasteiger charge is -2.47. The molecule has 3 aliphatic carbocycles. The maximum Gasteiger partial charge on any atom is 0.145 e. The van der Waals surface area contributed by atoms with Crippen molar-refractivity contribution in [3.8, 4) is 0 Å². The van der Waals surface area contributed by atoms with Crippen LogP contribution in [0.2, 0.25) is 0 Å². The van der Waals surface area contributed by atoms with Gasteiger partial charge in [0.25, 0.3) is 0 Å². The van der Waals surface area contributed by atoms with Crippen molar-refractivity contribution in [3.63, 3.8) is 0 Å². The van der Waals surface area contributed by atoms with Gasteiger partial charge in [0.05, 0.1) is 24.0 Å². The zero-order valence-electron chi connectivity index (χ0n) is 11.3. The Labute approximate surface area is 113 Å². The number of hydrogen-bond donors (Lipinski definition) is 2. The molecule has 0 aromatic rings. The summed E-state index contributed by atoms with van der Waals surface area (Å²) in [4.78, 5) is 25.2. The Kier molecular flexibility index (Phi) is 3.26. The van der Waals surface area contributed by atoms with Gasteiger partial charge in [0.15, 0.2) is 0 Å². The molecule has 3 rings (SSSR count). The number of fused-ring (bicyclic) bond motifs is 2. The van der Waals surface area contributed by atoms with Crippen LogP contribution in [0.5, 0.6) is 0 Å². The van der Waals surface area contributed by atoms with Crippen LogP contribution in [0.25, 0.3) is 0 Å². The van der Waals surface area contributed by atoms with E-state index in [-0.39, 0.29) is 29.3 Å². The van der Waals surface area contributed by atoms with Crippen LogP contribution in [0.4, 0.5) is 0 Å². The van der Waals surface area contributed by atoms with Crippen molar-refractivity contribution < 1.29 is 19.8 Å². The standard InChI is InChI=1S/C15H22O4/c1-7-5-9-13(11(17)6-7)15(19)12-8(14(9)18)3-2-4-10(12)16/h7-13,16-17H,2-6H2,1H3. The Morgan fingerprint density at radius 1 is 0.895 bits per heavy atom. The van der Waals surface area contributed by atoms with E-state index < -0.39 is 24.0 Å². The lowest BCUT2D eigenvalue weighted by atomic mass is 9.56. The number of rotatable bonds is 0. The molecule has 0 bridgehead atoms. The summed E-state index contributed by atoms with van der Waals surface area (Å²) < 4.78 is 0. The average molecular weight is 266 g/mol. The van der Waals surface area contributed by atoms with Crippen LogP contribution < -0.4 is 0 Å². The van der Waals surface area contributed by atoms with Crippen molar-refractivity contribution in [3.05, 3.63) is 0 Å². The first-order valence-corrected chi connectivity index (χ1v) is 7.44. The van der Waals surface area contributed by atoms with Gasteiger partial charge in [0.1, 0.15) is 11.6 Å². The number of hydrogen-bond acceptors (Lipinski definition) is 4. The van der Waals surface area contributed by atoms with Gasteiger partial charge in [-0.15, -0.1) is 0 Å². The molecule has 0 radical (unpaired) electrons. The Bertz CT molecular complexity index is 405. The molecule has 3 aliphatic rings. The summed E-state index contributed by atoms with van der Waals surface area (Å²) in [6.45, 7) is 2.03. The third kappa shape index (κ3) is 1.96. The van der Waals surface area contributed by atoms with Crippen LogP contribution >= 0.6 is 0 Å². The smallest absolute Gasteiger partial charge is 0.145 e. The quantitative estimate of drug-likeness (QED) is 0.684. The van der Waals surface area contributed by atoms with Crippen molar-refractivity contribution in [2.45, 2.75) is 51.2 Å². The maximum absolute atomic E-state index is 12.6. The fraction of sp³-hybridized carbons (Fsp3) is 0.867. The number of carbonyl (C=O) groups is 2. The molecule has 3 fully saturated rings. The minimum Gasteiger partial charge on any atom is -0.392 e. The van der Waals surface area contributed by atoms with Gasteiger partial charge in [0.2, 0.25) is 0 Å². The molecule has 2 N–H and O–H groups in total. The van der Waals surface area contributed by atoms with Gasteiger partial charge < -0.3 is 10.2 Å². The highest BCUT2D eigenvalue weighted by Crippen LogP contribution is 2.47. The minimum atomic E-state index is -0.708. The van der Waals surface area contributed by atoms with E-state index in [2.05, 4.69) is 0 Å². The molecule has 7 unspecified atom stereocenters. The summed E-state index contributed by atoms with van der Waals surface area (Å²) in [5.74, 6) is -1.35. The molecule has 106 valence electrons. The normalized spacial score (nSPS) is 50.6. The summed E-state index contributed by atoms with van der Waals surface area (Å²) in [6.07, 6.45) is 2.04. The van der Waals surface area contributed by atoms with E-state index in [1.54, 1.807) is 0 Å². The lowest BCUT2D eigenvalue weighted by Crippen LogP contribution is -2.58. The van der Waals surface area contributed by atoms with Crippen LogP contribution in [0.3, 0.4) is 0 Å². The molecule has 19 heavy (non-hydrogen) atoms. The second kappa shape index (κ2) is 4.67. The summed E-state index contributed by atoms with van der Waals surface area (Å²) in [5.41, 5.74) is 0. The fourth-order valence-corrected chi connectivity index (χ4v) is 4.56. The molecule has 0 aromatic heterocycles. The van der Waals surface area contributed by atoms with Crippen LogP contribution in [0.1, 0.15) is 39.0 Å². The number of aliphatic hydroxyl groups excluding tert-OH is 2. The van der Waals surface area contributed by atoms with Crippen molar-refractivity contribution in [2.24, 2.45) is 29.6 Å². The summed E-state index contributed by atoms with van der Waals surface area (Å²) in [5, 5.41) is 20.3. The number of ketones is 2. The topological polar surface area (TPSA) is 74.6 Å². The van der Waals surface area contributed by atoms with Gasteiger partial charge in [-0.05, 0) is 31.6 Å². The largest absolute Gasteiger partial charge is 0.392 e. The van der Waals surface area contributed by atoms with Crippen molar-refractivity contribution in [1.82, 2.24) is 0 Å². The zero-order valence-corrected chi connectivity index (χ0v) is 11.3. The number of aliphatic hydroxyl groups is 2. The highest BCUT2D eigenvalue weighted by Gasteiger charge is 2.56. The van der Waals surface area contributed by atoms with Crippen molar-refractivity contribution in [1.29, 1.82) is 0 Å². The molecule has 0 aliphatic heterocycles. The van der Waals surface area contributed by atoms with E-state index >= 15 is 0 Å². The van der Waals surface area contributed by atoms with Gasteiger partial charge in [-0.2, -0.15) is 0 Å². The van der Waals surface area contributed by atoms with E-state index in [9.17, 15) is 19.8 Å². The van der Waals surface area contributed by atoms with Crippen LogP contribution in [-0.4, -0.2) is 34.0 Å². The summed E-state index contributed by atoms with van der Waals surface area (Å²) in [7, 11) is 0. The molecule has 0 amide bonds. The highest BCUT2D eigenvalue weighted by atomic mass is 16.3. The Hall–Kier alpha value is -0.740. The van der Waals surface area contributed by atoms with Crippen LogP contribution in [0.15, 0.2) is 0 Å². The summed E-state index contributed by atoms with van der Waals surface area (Å²) >= 11 is 0. The van der Waals surface area contributed by atoms with Crippen molar-refractivity contribution >= 4 is 11.6 Å². The minimum absolute atomic E-state index is 0.0544. The second-order valence-electron chi connectivity index (χ2n) is 6.71. The number of carbonyl (C=O) groups excluding carboxylic acids is 2. The Morgan fingerprint density at radius 3 is 2.32 bits per heavy atom. The third-order valence-corrected chi connectivity index (χ3v) is 5.40. The number of Topliss-reactive ketones (excluding diaryl/α,β-unsaturated/α-hetero) is 2. The Morgan fingerprint density at radius 2 is 1.58 bits per heavy atom. The van der Waals surface area contributed by atoms with Crippen LogP contribution in [-0.2, 0) is 9.59 Å². The zero-order chi connectivity index (χ0) is 13.7. The van der Waals surface area contributed by atoms with Crippen molar-refractivity contribution in [2.75, 3.05) is 0 Å². The fourth-order valence-electron chi connectivity index (χ4n) is 4.56. The molecule has 0 spiro atoms. The van der Waals surface area contributed by atoms with E-state index in [1.807, 2.05) is 6.92 Å². The first-order chi connectivity index (χ1) is 9.00. The first-order valence-electron chi connectivity index (χ1n) is 7.44. The molecular weight excluding hydrogens is 244 g/mol. The molecule has 0 aromatic carbocycles. The molecule has 4 heteroatoms. The first kappa shape index (κ1) is 13.3. The van der Waals surface area contributed by atoms with E-state index in [4.69, 9.17) is 0 Å². The van der Waals surface area contributed by atoms with Gasteiger partial charge >= 0.3 is 0 Å². The molecule has 3 saturated carbocycles. The molecule has 7 atom stereocenters. The summed E-state index contributed by atoms with van der Waals surface area (Å²) in [6, 6.07) is 0. The maximum atomic E-state index is 12.6. The van der Waals surface area contributed by atoms with E-state index in [1.165, 1.54) is 0 Å². The SMILES string of the molecule is CC1CC(O)C2C(=O)C3C(O)CCCC3C(=O)C2C1. The molecule has 0 heterocycles. The van der Waals surface area contributed by atoms with E-state index in [0.717, 1.165) is 12.8 Å². The molecule has 0 saturated heterocycles. The lowest BCUT2D eigenvalue weighted by molar-refractivity contribution is -0.164. The third-order valence-electron chi connectivity index (χ3n) is 5.40. The Balaban J connectivity index is 1.94. The van der Waals surface area contributed by atoms with Crippen LogP contribution in [0, 0.1) is 29.6 Å². The molecule has 4 nitrogen and oxygen atoms in total. The monoisotopic (exact) mass is 266 g/mol.